The van der Waals surface area contributed by atoms with Gasteiger partial charge in [-0.2, -0.15) is 0 Å². The van der Waals surface area contributed by atoms with Crippen molar-refractivity contribution in [1.82, 2.24) is 9.80 Å². The summed E-state index contributed by atoms with van der Waals surface area (Å²) in [5.74, 6) is 0.0206. The lowest BCUT2D eigenvalue weighted by molar-refractivity contribution is 0.0275. The highest BCUT2D eigenvalue weighted by Crippen LogP contribution is 2.33. The van der Waals surface area contributed by atoms with E-state index in [1.807, 2.05) is 20.8 Å². The second-order valence-corrected chi connectivity index (χ2v) is 8.03. The Kier molecular flexibility index (Phi) is 4.47. The van der Waals surface area contributed by atoms with Crippen LogP contribution in [0.4, 0.5) is 9.18 Å². The monoisotopic (exact) mass is 348 g/mol. The van der Waals surface area contributed by atoms with E-state index < -0.39 is 5.60 Å². The lowest BCUT2D eigenvalue weighted by atomic mass is 10.0. The molecule has 2 unspecified atom stereocenters. The van der Waals surface area contributed by atoms with E-state index in [-0.39, 0.29) is 29.7 Å². The number of hydrogen-bond acceptors (Lipinski definition) is 3. The molecule has 0 bridgehead atoms. The summed E-state index contributed by atoms with van der Waals surface area (Å²) in [6.45, 7) is 9.58. The van der Waals surface area contributed by atoms with E-state index >= 15 is 0 Å². The van der Waals surface area contributed by atoms with Crippen molar-refractivity contribution in [1.29, 1.82) is 0 Å². The molecule has 5 nitrogen and oxygen atoms in total. The Hall–Kier alpha value is -2.11. The minimum absolute atomic E-state index is 0.129. The lowest BCUT2D eigenvalue weighted by Gasteiger charge is -2.26. The third kappa shape index (κ3) is 3.62. The minimum atomic E-state index is -0.508. The third-order valence-corrected chi connectivity index (χ3v) is 4.92. The van der Waals surface area contributed by atoms with E-state index in [2.05, 4.69) is 0 Å². The Morgan fingerprint density at radius 1 is 1.08 bits per heavy atom. The van der Waals surface area contributed by atoms with Crippen molar-refractivity contribution in [3.05, 3.63) is 35.1 Å². The highest BCUT2D eigenvalue weighted by atomic mass is 19.1. The van der Waals surface area contributed by atoms with E-state index in [4.69, 9.17) is 4.74 Å². The number of amides is 2. The number of likely N-dealkylation sites (tertiary alicyclic amines) is 2. The molecule has 0 aromatic heterocycles. The van der Waals surface area contributed by atoms with Crippen molar-refractivity contribution >= 4 is 12.0 Å². The maximum atomic E-state index is 13.7. The molecule has 0 N–H and O–H groups in total. The fourth-order valence-corrected chi connectivity index (χ4v) is 3.64. The van der Waals surface area contributed by atoms with Gasteiger partial charge >= 0.3 is 6.09 Å². The van der Waals surface area contributed by atoms with Gasteiger partial charge in [-0.1, -0.05) is 6.07 Å². The van der Waals surface area contributed by atoms with Crippen LogP contribution < -0.4 is 0 Å². The average molecular weight is 348 g/mol. The van der Waals surface area contributed by atoms with E-state index in [1.54, 1.807) is 28.9 Å². The Labute approximate surface area is 147 Å². The van der Waals surface area contributed by atoms with Crippen LogP contribution in [0.15, 0.2) is 18.2 Å². The number of hydrogen-bond donors (Lipinski definition) is 0. The highest BCUT2D eigenvalue weighted by Gasteiger charge is 2.44. The lowest BCUT2D eigenvalue weighted by Crippen LogP contribution is -2.38. The van der Waals surface area contributed by atoms with Gasteiger partial charge in [0.25, 0.3) is 5.91 Å². The van der Waals surface area contributed by atoms with Gasteiger partial charge in [0.1, 0.15) is 11.4 Å². The van der Waals surface area contributed by atoms with Gasteiger partial charge in [0.15, 0.2) is 0 Å². The number of rotatable bonds is 1. The van der Waals surface area contributed by atoms with Crippen LogP contribution >= 0.6 is 0 Å². The zero-order valence-corrected chi connectivity index (χ0v) is 15.2. The molecule has 0 aliphatic carbocycles. The van der Waals surface area contributed by atoms with Crippen molar-refractivity contribution in [3.8, 4) is 0 Å². The number of halogens is 1. The smallest absolute Gasteiger partial charge is 0.410 e. The minimum Gasteiger partial charge on any atom is -0.444 e. The summed E-state index contributed by atoms with van der Waals surface area (Å²) < 4.78 is 19.1. The van der Waals surface area contributed by atoms with Crippen molar-refractivity contribution in [3.63, 3.8) is 0 Å². The molecular weight excluding hydrogens is 323 g/mol. The fraction of sp³-hybridized carbons (Fsp3) is 0.579. The van der Waals surface area contributed by atoms with Crippen molar-refractivity contribution in [2.45, 2.75) is 33.3 Å². The quantitative estimate of drug-likeness (QED) is 0.784. The zero-order chi connectivity index (χ0) is 18.4. The average Bonchev–Trinajstić information content (AvgIpc) is 3.06. The standard InChI is InChI=1S/C19H25FN2O3/c1-12-15(6-5-7-16(12)20)17(23)21-8-13-10-22(11-14(13)9-21)18(24)25-19(2,3)4/h5-7,13-14H,8-11H2,1-4H3. The molecule has 6 heteroatoms. The van der Waals surface area contributed by atoms with Gasteiger partial charge in [-0.25, -0.2) is 9.18 Å². The number of ether oxygens (including phenoxy) is 1. The van der Waals surface area contributed by atoms with Crippen LogP contribution in [-0.4, -0.2) is 53.6 Å². The number of nitrogens with zero attached hydrogens (tertiary/aromatic N) is 2. The maximum absolute atomic E-state index is 13.7. The normalized spacial score (nSPS) is 22.9. The molecule has 25 heavy (non-hydrogen) atoms. The molecule has 2 fully saturated rings. The van der Waals surface area contributed by atoms with Gasteiger partial charge in [0.2, 0.25) is 0 Å². The van der Waals surface area contributed by atoms with Gasteiger partial charge in [0, 0.05) is 43.6 Å². The van der Waals surface area contributed by atoms with Crippen LogP contribution in [0.3, 0.4) is 0 Å². The molecule has 3 rings (SSSR count). The van der Waals surface area contributed by atoms with Gasteiger partial charge < -0.3 is 14.5 Å². The predicted molar refractivity (Wildman–Crippen MR) is 91.8 cm³/mol. The number of benzene rings is 1. The SMILES string of the molecule is Cc1c(F)cccc1C(=O)N1CC2CN(C(=O)OC(C)(C)C)CC2C1. The summed E-state index contributed by atoms with van der Waals surface area (Å²) in [5, 5.41) is 0. The molecule has 2 saturated heterocycles. The van der Waals surface area contributed by atoms with Gasteiger partial charge in [0.05, 0.1) is 0 Å². The molecular formula is C19H25FN2O3. The Bertz CT molecular complexity index is 684. The zero-order valence-electron chi connectivity index (χ0n) is 15.2. The van der Waals surface area contributed by atoms with Crippen LogP contribution in [0.5, 0.6) is 0 Å². The summed E-state index contributed by atoms with van der Waals surface area (Å²) >= 11 is 0. The third-order valence-electron chi connectivity index (χ3n) is 4.92. The Balaban J connectivity index is 1.62. The molecule has 0 radical (unpaired) electrons. The van der Waals surface area contributed by atoms with Gasteiger partial charge in [-0.05, 0) is 45.4 Å². The first kappa shape index (κ1) is 17.7. The predicted octanol–water partition coefficient (Wildman–Crippen LogP) is 3.07. The van der Waals surface area contributed by atoms with Crippen molar-refractivity contribution < 1.29 is 18.7 Å². The van der Waals surface area contributed by atoms with Crippen molar-refractivity contribution in [2.24, 2.45) is 11.8 Å². The first-order valence-electron chi connectivity index (χ1n) is 8.68. The largest absolute Gasteiger partial charge is 0.444 e. The molecule has 136 valence electrons. The van der Waals surface area contributed by atoms with Crippen molar-refractivity contribution in [2.75, 3.05) is 26.2 Å². The van der Waals surface area contributed by atoms with Gasteiger partial charge in [-0.3, -0.25) is 4.79 Å². The van der Waals surface area contributed by atoms with Crippen LogP contribution in [0.25, 0.3) is 0 Å². The van der Waals surface area contributed by atoms with Crippen LogP contribution in [0.1, 0.15) is 36.7 Å². The molecule has 0 spiro atoms. The summed E-state index contributed by atoms with van der Waals surface area (Å²) in [6, 6.07) is 4.60. The number of fused-ring (bicyclic) bond motifs is 1. The second-order valence-electron chi connectivity index (χ2n) is 8.03. The van der Waals surface area contributed by atoms with Crippen LogP contribution in [0.2, 0.25) is 0 Å². The van der Waals surface area contributed by atoms with Crippen LogP contribution in [-0.2, 0) is 4.74 Å². The molecule has 2 aliphatic heterocycles. The summed E-state index contributed by atoms with van der Waals surface area (Å²) in [6.07, 6.45) is -0.291. The summed E-state index contributed by atoms with van der Waals surface area (Å²) in [7, 11) is 0. The molecule has 1 aromatic rings. The second kappa shape index (κ2) is 6.32. The van der Waals surface area contributed by atoms with E-state index in [0.29, 0.717) is 37.3 Å². The van der Waals surface area contributed by atoms with E-state index in [9.17, 15) is 14.0 Å². The molecule has 0 saturated carbocycles. The molecule has 2 heterocycles. The van der Waals surface area contributed by atoms with E-state index in [1.165, 1.54) is 6.07 Å². The summed E-state index contributed by atoms with van der Waals surface area (Å²) in [4.78, 5) is 28.4. The van der Waals surface area contributed by atoms with Gasteiger partial charge in [-0.15, -0.1) is 0 Å². The fourth-order valence-electron chi connectivity index (χ4n) is 3.64. The molecule has 2 aliphatic rings. The van der Waals surface area contributed by atoms with Crippen LogP contribution in [0, 0.1) is 24.6 Å². The summed E-state index contributed by atoms with van der Waals surface area (Å²) in [5.41, 5.74) is 0.301. The molecule has 2 atom stereocenters. The Morgan fingerprint density at radius 3 is 2.20 bits per heavy atom. The number of carbonyl (C=O) groups is 2. The van der Waals surface area contributed by atoms with E-state index in [0.717, 1.165) is 0 Å². The molecule has 2 amide bonds. The highest BCUT2D eigenvalue weighted by molar-refractivity contribution is 5.95. The first-order chi connectivity index (χ1) is 11.7. The Morgan fingerprint density at radius 2 is 1.64 bits per heavy atom. The molecule has 1 aromatic carbocycles. The topological polar surface area (TPSA) is 49.9 Å². The maximum Gasteiger partial charge on any atom is 0.410 e. The first-order valence-corrected chi connectivity index (χ1v) is 8.68. The number of carbonyl (C=O) groups excluding carboxylic acids is 2.